The second-order valence-electron chi connectivity index (χ2n) is 12.5. The van der Waals surface area contributed by atoms with Crippen molar-refractivity contribution in [3.63, 3.8) is 0 Å². The van der Waals surface area contributed by atoms with Gasteiger partial charge in [-0.3, -0.25) is 29.8 Å². The number of hydroxylamine groups is 2. The molecule has 3 aromatic carbocycles. The van der Waals surface area contributed by atoms with Crippen LogP contribution in [0.15, 0.2) is 72.3 Å². The van der Waals surface area contributed by atoms with E-state index in [1.807, 2.05) is 0 Å². The van der Waals surface area contributed by atoms with Crippen molar-refractivity contribution in [1.82, 2.24) is 10.1 Å². The predicted octanol–water partition coefficient (Wildman–Crippen LogP) is 5.98. The van der Waals surface area contributed by atoms with Crippen LogP contribution in [0, 0.1) is 23.7 Å². The largest absolute Gasteiger partial charge is 0.573 e. The van der Waals surface area contributed by atoms with Crippen LogP contribution in [0.2, 0.25) is 10.0 Å². The third-order valence-electron chi connectivity index (χ3n) is 10.1. The number of hydrogen-bond acceptors (Lipinski definition) is 9. The molecule has 11 nitrogen and oxygen atoms in total. The van der Waals surface area contributed by atoms with E-state index < -0.39 is 76.5 Å². The number of imide groups is 2. The Balaban J connectivity index is 1.50. The number of anilines is 1. The summed E-state index contributed by atoms with van der Waals surface area (Å²) < 4.78 is 49.9. The zero-order valence-corrected chi connectivity index (χ0v) is 27.3. The summed E-state index contributed by atoms with van der Waals surface area (Å²) in [5, 5.41) is 22.9. The number of hydrogen-bond donors (Lipinski definition) is 3. The van der Waals surface area contributed by atoms with Gasteiger partial charge in [0.05, 0.1) is 41.0 Å². The number of carbonyl (C=O) groups excluding carboxylic acids is 4. The Morgan fingerprint density at radius 3 is 2.28 bits per heavy atom. The summed E-state index contributed by atoms with van der Waals surface area (Å²) in [5.41, 5.74) is 1.33. The maximum atomic E-state index is 15.1. The van der Waals surface area contributed by atoms with Crippen molar-refractivity contribution >= 4 is 52.5 Å². The number of hydrazine groups is 1. The molecule has 7 rings (SSSR count). The van der Waals surface area contributed by atoms with E-state index in [0.29, 0.717) is 11.3 Å². The molecule has 1 saturated carbocycles. The highest BCUT2D eigenvalue weighted by Crippen LogP contribution is 2.65. The van der Waals surface area contributed by atoms with Crippen molar-refractivity contribution in [2.45, 2.75) is 30.5 Å². The first kappa shape index (κ1) is 33.7. The van der Waals surface area contributed by atoms with Gasteiger partial charge in [-0.25, -0.2) is 0 Å². The van der Waals surface area contributed by atoms with Crippen molar-refractivity contribution in [2.24, 2.45) is 23.7 Å². The number of aromatic hydroxyl groups is 1. The van der Waals surface area contributed by atoms with Gasteiger partial charge in [-0.1, -0.05) is 47.0 Å². The summed E-state index contributed by atoms with van der Waals surface area (Å²) in [6.07, 6.45) is -3.76. The molecule has 0 aromatic heterocycles. The molecule has 2 aliphatic heterocycles. The van der Waals surface area contributed by atoms with Gasteiger partial charge in [0.1, 0.15) is 17.2 Å². The first-order valence-corrected chi connectivity index (χ1v) is 16.0. The fraction of sp³-hybridized carbons (Fsp3) is 0.294. The number of rotatable bonds is 6. The highest BCUT2D eigenvalue weighted by atomic mass is 35.5. The van der Waals surface area contributed by atoms with Crippen LogP contribution in [-0.2, 0) is 24.6 Å². The fourth-order valence-electron chi connectivity index (χ4n) is 8.13. The number of halogens is 5. The van der Waals surface area contributed by atoms with E-state index in [-0.39, 0.29) is 44.8 Å². The Morgan fingerprint density at radius 2 is 1.62 bits per heavy atom. The van der Waals surface area contributed by atoms with Crippen LogP contribution in [0.1, 0.15) is 29.9 Å². The molecule has 0 bridgehead atoms. The minimum Gasteiger partial charge on any atom is -0.508 e. The van der Waals surface area contributed by atoms with Crippen LogP contribution in [-0.4, -0.2) is 57.5 Å². The number of amides is 4. The lowest BCUT2D eigenvalue weighted by atomic mass is 9.49. The number of nitrogens with one attached hydrogen (secondary N) is 1. The molecular weight excluding hydrogens is 706 g/mol. The van der Waals surface area contributed by atoms with Crippen molar-refractivity contribution in [1.29, 1.82) is 0 Å². The molecule has 4 amide bonds. The molecule has 4 aliphatic rings. The van der Waals surface area contributed by atoms with E-state index in [0.717, 1.165) is 23.2 Å². The summed E-state index contributed by atoms with van der Waals surface area (Å²) in [6.45, 7) is 0. The first-order chi connectivity index (χ1) is 23.7. The highest BCUT2D eigenvalue weighted by Gasteiger charge is 2.70. The van der Waals surface area contributed by atoms with Gasteiger partial charge in [0.15, 0.2) is 0 Å². The third kappa shape index (κ3) is 5.07. The molecule has 16 heteroatoms. The predicted molar refractivity (Wildman–Crippen MR) is 169 cm³/mol. The number of fused-ring (bicyclic) bond motifs is 4. The van der Waals surface area contributed by atoms with E-state index in [2.05, 4.69) is 10.2 Å². The molecule has 260 valence electrons. The number of benzene rings is 3. The topological polar surface area (TPSA) is 146 Å². The lowest BCUT2D eigenvalue weighted by Crippen LogP contribution is -2.53. The zero-order valence-electron chi connectivity index (χ0n) is 25.8. The summed E-state index contributed by atoms with van der Waals surface area (Å²) in [4.78, 5) is 56.0. The molecule has 3 aromatic rings. The minimum absolute atomic E-state index is 0.0414. The first-order valence-electron chi connectivity index (χ1n) is 15.3. The number of phenolic OH excluding ortho intramolecular Hbond substituents is 1. The number of alkyl halides is 3. The van der Waals surface area contributed by atoms with Crippen LogP contribution >= 0.6 is 23.2 Å². The number of nitrogens with zero attached hydrogens (tertiary/aromatic N) is 2. The molecular formula is C34H26Cl2F3N3O8. The van der Waals surface area contributed by atoms with Crippen LogP contribution in [0.5, 0.6) is 17.2 Å². The van der Waals surface area contributed by atoms with Crippen LogP contribution < -0.4 is 14.9 Å². The monoisotopic (exact) mass is 731 g/mol. The normalized spacial score (nSPS) is 27.5. The van der Waals surface area contributed by atoms with E-state index in [4.69, 9.17) is 27.9 Å². The van der Waals surface area contributed by atoms with Gasteiger partial charge in [-0.2, -0.15) is 10.1 Å². The average molecular weight is 732 g/mol. The minimum atomic E-state index is -5.12. The quantitative estimate of drug-likeness (QED) is 0.158. The van der Waals surface area contributed by atoms with Crippen molar-refractivity contribution < 1.29 is 52.1 Å². The molecule has 6 atom stereocenters. The lowest BCUT2D eigenvalue weighted by Gasteiger charge is -2.50. The number of methoxy groups -OCH3 is 1. The maximum absolute atomic E-state index is 15.1. The molecule has 0 unspecified atom stereocenters. The Labute approximate surface area is 291 Å². The second-order valence-corrected chi connectivity index (χ2v) is 13.3. The molecule has 3 fully saturated rings. The molecule has 2 aliphatic carbocycles. The highest BCUT2D eigenvalue weighted by molar-refractivity contribution is 6.36. The van der Waals surface area contributed by atoms with Crippen molar-refractivity contribution in [3.05, 3.63) is 93.5 Å². The van der Waals surface area contributed by atoms with Gasteiger partial charge in [0.25, 0.3) is 23.6 Å². The van der Waals surface area contributed by atoms with Crippen LogP contribution in [0.25, 0.3) is 0 Å². The van der Waals surface area contributed by atoms with E-state index in [1.165, 1.54) is 25.3 Å². The van der Waals surface area contributed by atoms with E-state index >= 15 is 4.79 Å². The van der Waals surface area contributed by atoms with Gasteiger partial charge in [0, 0.05) is 16.5 Å². The van der Waals surface area contributed by atoms with Gasteiger partial charge in [0.2, 0.25) is 0 Å². The van der Waals surface area contributed by atoms with E-state index in [1.54, 1.807) is 30.3 Å². The SMILES string of the molecule is COc1ccc([C@@]23C(=O)N(Nc4ccc(Cl)cc4Cl)C(=O)[C@@H]2C[C@@H]2C(=CC[C@@H]4C(=O)N(O)C(=O)[C@@H]42)[C@@H]3c2cc(OC(F)(F)F)ccc2O)cc1. The zero-order chi connectivity index (χ0) is 35.9. The molecule has 2 saturated heterocycles. The molecule has 50 heavy (non-hydrogen) atoms. The Bertz CT molecular complexity index is 1990. The van der Waals surface area contributed by atoms with Crippen LogP contribution in [0.4, 0.5) is 18.9 Å². The Hall–Kier alpha value is -4.79. The molecule has 2 heterocycles. The van der Waals surface area contributed by atoms with Gasteiger partial charge in [-0.15, -0.1) is 13.2 Å². The maximum Gasteiger partial charge on any atom is 0.573 e. The Morgan fingerprint density at radius 1 is 0.920 bits per heavy atom. The summed E-state index contributed by atoms with van der Waals surface area (Å²) >= 11 is 12.5. The standard InChI is InChI=1S/C34H26Cl2F3N3O8/c1-49-17-5-2-15(3-6-17)33-23(30(45)41(32(33)47)40-25-10-4-16(35)12-24(25)36)14-21-19(8-9-20-27(21)31(46)42(48)29(20)44)28(33)22-13-18(7-11-26(22)43)50-34(37,38)39/h2-8,10-13,20-21,23,27-28,40,43,48H,9,14H2,1H3/t20-,21+,23-,27-,28+,33+/m0/s1. The fourth-order valence-corrected chi connectivity index (χ4v) is 8.58. The number of carbonyl (C=O) groups is 4. The van der Waals surface area contributed by atoms with Gasteiger partial charge < -0.3 is 14.6 Å². The summed E-state index contributed by atoms with van der Waals surface area (Å²) in [7, 11) is 1.42. The number of ether oxygens (including phenoxy) is 2. The van der Waals surface area contributed by atoms with Gasteiger partial charge >= 0.3 is 6.36 Å². The van der Waals surface area contributed by atoms with Crippen LogP contribution in [0.3, 0.4) is 0 Å². The lowest BCUT2D eigenvalue weighted by molar-refractivity contribution is -0.274. The molecule has 0 radical (unpaired) electrons. The second kappa shape index (κ2) is 11.9. The van der Waals surface area contributed by atoms with E-state index in [9.17, 15) is 37.9 Å². The number of allylic oxidation sites excluding steroid dienone is 2. The Kier molecular flexibility index (Phi) is 8.03. The van der Waals surface area contributed by atoms with Crippen molar-refractivity contribution in [2.75, 3.05) is 12.5 Å². The summed E-state index contributed by atoms with van der Waals surface area (Å²) in [6, 6.07) is 13.3. The van der Waals surface area contributed by atoms with Crippen molar-refractivity contribution in [3.8, 4) is 17.2 Å². The molecule has 0 spiro atoms. The third-order valence-corrected chi connectivity index (χ3v) is 10.6. The summed E-state index contributed by atoms with van der Waals surface area (Å²) in [5.74, 6) is -10.0. The van der Waals surface area contributed by atoms with Gasteiger partial charge in [-0.05, 0) is 72.9 Å². The number of phenols is 1. The average Bonchev–Trinajstić information content (AvgIpc) is 3.42. The molecule has 3 N–H and O–H groups in total. The smallest absolute Gasteiger partial charge is 0.508 e.